The molecule has 0 spiro atoms. The number of rotatable bonds is 3. The molecule has 0 atom stereocenters. The van der Waals surface area contributed by atoms with E-state index in [0.29, 0.717) is 4.88 Å². The fraction of sp³-hybridized carbons (Fsp3) is 0.154. The molecule has 17 heavy (non-hydrogen) atoms. The Morgan fingerprint density at radius 2 is 2.12 bits per heavy atom. The van der Waals surface area contributed by atoms with Crippen molar-refractivity contribution in [2.24, 2.45) is 0 Å². The molecule has 0 radical (unpaired) electrons. The summed E-state index contributed by atoms with van der Waals surface area (Å²) in [5.41, 5.74) is 1.96. The molecule has 1 N–H and O–H groups in total. The predicted octanol–water partition coefficient (Wildman–Crippen LogP) is 3.43. The molecule has 0 aliphatic heterocycles. The van der Waals surface area contributed by atoms with E-state index in [1.165, 1.54) is 11.3 Å². The molecule has 1 heterocycles. The minimum atomic E-state index is -0.882. The Hall–Kier alpha value is -1.81. The Morgan fingerprint density at radius 1 is 1.35 bits per heavy atom. The Bertz CT molecular complexity index is 558. The second kappa shape index (κ2) is 4.59. The summed E-state index contributed by atoms with van der Waals surface area (Å²) in [7, 11) is 1.61. The van der Waals surface area contributed by atoms with Gasteiger partial charge in [-0.2, -0.15) is 0 Å². The van der Waals surface area contributed by atoms with Crippen molar-refractivity contribution in [1.29, 1.82) is 0 Å². The molecule has 2 aromatic rings. The Kier molecular flexibility index (Phi) is 3.15. The van der Waals surface area contributed by atoms with Crippen LogP contribution in [0.25, 0.3) is 10.4 Å². The summed E-state index contributed by atoms with van der Waals surface area (Å²) in [4.78, 5) is 12.2. The maximum atomic E-state index is 10.9. The van der Waals surface area contributed by atoms with Gasteiger partial charge in [0, 0.05) is 4.88 Å². The van der Waals surface area contributed by atoms with Gasteiger partial charge in [-0.15, -0.1) is 11.3 Å². The lowest BCUT2D eigenvalue weighted by molar-refractivity contribution is 0.0702. The number of hydrogen-bond acceptors (Lipinski definition) is 3. The highest BCUT2D eigenvalue weighted by Crippen LogP contribution is 2.33. The average Bonchev–Trinajstić information content (AvgIpc) is 2.72. The normalized spacial score (nSPS) is 10.2. The van der Waals surface area contributed by atoms with E-state index in [-0.39, 0.29) is 0 Å². The lowest BCUT2D eigenvalue weighted by Gasteiger charge is -2.03. The molecule has 0 aliphatic rings. The molecule has 1 aromatic carbocycles. The zero-order chi connectivity index (χ0) is 12.4. The van der Waals surface area contributed by atoms with E-state index in [1.807, 2.05) is 31.2 Å². The van der Waals surface area contributed by atoms with Gasteiger partial charge in [-0.3, -0.25) is 0 Å². The number of aryl methyl sites for hydroxylation is 1. The minimum Gasteiger partial charge on any atom is -0.497 e. The van der Waals surface area contributed by atoms with Gasteiger partial charge in [0.15, 0.2) is 0 Å². The first kappa shape index (κ1) is 11.7. The van der Waals surface area contributed by atoms with Crippen LogP contribution < -0.4 is 4.74 Å². The summed E-state index contributed by atoms with van der Waals surface area (Å²) in [6.45, 7) is 1.91. The van der Waals surface area contributed by atoms with Gasteiger partial charge in [0.25, 0.3) is 0 Å². The van der Waals surface area contributed by atoms with E-state index in [1.54, 1.807) is 13.2 Å². The average molecular weight is 248 g/mol. The number of hydrogen-bond donors (Lipinski definition) is 1. The number of benzene rings is 1. The van der Waals surface area contributed by atoms with E-state index in [0.717, 1.165) is 21.8 Å². The summed E-state index contributed by atoms with van der Waals surface area (Å²) in [6, 6.07) is 9.32. The van der Waals surface area contributed by atoms with Crippen LogP contribution in [0.3, 0.4) is 0 Å². The van der Waals surface area contributed by atoms with Crippen LogP contribution in [0, 0.1) is 6.92 Å². The summed E-state index contributed by atoms with van der Waals surface area (Å²) < 4.78 is 5.16. The van der Waals surface area contributed by atoms with Gasteiger partial charge in [-0.05, 0) is 36.2 Å². The van der Waals surface area contributed by atoms with Gasteiger partial charge in [-0.25, -0.2) is 4.79 Å². The quantitative estimate of drug-likeness (QED) is 0.905. The number of carboxylic acids is 1. The molecule has 2 rings (SSSR count). The first-order valence-corrected chi connectivity index (χ1v) is 5.91. The topological polar surface area (TPSA) is 46.5 Å². The smallest absolute Gasteiger partial charge is 0.345 e. The molecule has 4 heteroatoms. The number of ether oxygens (including phenoxy) is 1. The number of carbonyl (C=O) groups is 1. The molecule has 0 unspecified atom stereocenters. The molecule has 3 nitrogen and oxygen atoms in total. The highest BCUT2D eigenvalue weighted by Gasteiger charge is 2.12. The van der Waals surface area contributed by atoms with E-state index in [9.17, 15) is 4.79 Å². The molecular formula is C13H12O3S. The van der Waals surface area contributed by atoms with Crippen molar-refractivity contribution in [3.8, 4) is 16.2 Å². The van der Waals surface area contributed by atoms with Gasteiger partial charge < -0.3 is 9.84 Å². The summed E-state index contributed by atoms with van der Waals surface area (Å²) in [5.74, 6) is -0.112. The standard InChI is InChI=1S/C13H12O3S/c1-8-6-11(13(14)15)17-12(8)9-4-3-5-10(7-9)16-2/h3-7H,1-2H3,(H,14,15). The zero-order valence-electron chi connectivity index (χ0n) is 9.56. The van der Waals surface area contributed by atoms with Crippen LogP contribution in [0.1, 0.15) is 15.2 Å². The molecule has 0 aliphatic carbocycles. The number of carboxylic acid groups (broad SMARTS) is 1. The van der Waals surface area contributed by atoms with Crippen LogP contribution in [0.2, 0.25) is 0 Å². The van der Waals surface area contributed by atoms with Crippen molar-refractivity contribution >= 4 is 17.3 Å². The van der Waals surface area contributed by atoms with Crippen molar-refractivity contribution in [3.63, 3.8) is 0 Å². The van der Waals surface area contributed by atoms with Crippen molar-refractivity contribution in [2.75, 3.05) is 7.11 Å². The van der Waals surface area contributed by atoms with Crippen LogP contribution in [0.4, 0.5) is 0 Å². The number of aromatic carboxylic acids is 1. The molecule has 88 valence electrons. The van der Waals surface area contributed by atoms with Crippen molar-refractivity contribution in [2.45, 2.75) is 6.92 Å². The Labute approximate surface area is 103 Å². The molecule has 0 saturated heterocycles. The molecule has 1 aromatic heterocycles. The predicted molar refractivity (Wildman–Crippen MR) is 68.0 cm³/mol. The highest BCUT2D eigenvalue weighted by atomic mass is 32.1. The first-order valence-electron chi connectivity index (χ1n) is 5.10. The molecule has 0 fully saturated rings. The third-order valence-electron chi connectivity index (χ3n) is 2.46. The second-order valence-corrected chi connectivity index (χ2v) is 4.71. The Balaban J connectivity index is 2.48. The van der Waals surface area contributed by atoms with Gasteiger partial charge in [0.05, 0.1) is 7.11 Å². The van der Waals surface area contributed by atoms with Crippen molar-refractivity contribution in [3.05, 3.63) is 40.8 Å². The summed E-state index contributed by atoms with van der Waals surface area (Å²) >= 11 is 1.28. The van der Waals surface area contributed by atoms with Gasteiger partial charge >= 0.3 is 5.97 Å². The largest absolute Gasteiger partial charge is 0.497 e. The fourth-order valence-electron chi connectivity index (χ4n) is 1.64. The van der Waals surface area contributed by atoms with Crippen LogP contribution in [-0.2, 0) is 0 Å². The fourth-order valence-corrected chi connectivity index (χ4v) is 2.65. The maximum absolute atomic E-state index is 10.9. The number of methoxy groups -OCH3 is 1. The summed E-state index contributed by atoms with van der Waals surface area (Å²) in [5, 5.41) is 8.96. The van der Waals surface area contributed by atoms with Crippen molar-refractivity contribution < 1.29 is 14.6 Å². The van der Waals surface area contributed by atoms with Crippen LogP contribution in [-0.4, -0.2) is 18.2 Å². The van der Waals surface area contributed by atoms with E-state index < -0.39 is 5.97 Å². The summed E-state index contributed by atoms with van der Waals surface area (Å²) in [6.07, 6.45) is 0. The molecule has 0 bridgehead atoms. The Morgan fingerprint density at radius 3 is 2.71 bits per heavy atom. The third kappa shape index (κ3) is 2.31. The van der Waals surface area contributed by atoms with E-state index in [4.69, 9.17) is 9.84 Å². The molecule has 0 amide bonds. The first-order chi connectivity index (χ1) is 8.11. The molecular weight excluding hydrogens is 236 g/mol. The maximum Gasteiger partial charge on any atom is 0.345 e. The van der Waals surface area contributed by atoms with Crippen LogP contribution in [0.15, 0.2) is 30.3 Å². The van der Waals surface area contributed by atoms with Gasteiger partial charge in [0.2, 0.25) is 0 Å². The van der Waals surface area contributed by atoms with Gasteiger partial charge in [-0.1, -0.05) is 12.1 Å². The molecule has 0 saturated carbocycles. The minimum absolute atomic E-state index is 0.361. The lowest BCUT2D eigenvalue weighted by atomic mass is 10.1. The van der Waals surface area contributed by atoms with Gasteiger partial charge in [0.1, 0.15) is 10.6 Å². The highest BCUT2D eigenvalue weighted by molar-refractivity contribution is 7.17. The van der Waals surface area contributed by atoms with E-state index in [2.05, 4.69) is 0 Å². The lowest BCUT2D eigenvalue weighted by Crippen LogP contribution is -1.89. The van der Waals surface area contributed by atoms with Crippen molar-refractivity contribution in [1.82, 2.24) is 0 Å². The van der Waals surface area contributed by atoms with E-state index >= 15 is 0 Å². The third-order valence-corrected chi connectivity index (χ3v) is 3.73. The van der Waals surface area contributed by atoms with Crippen LogP contribution >= 0.6 is 11.3 Å². The SMILES string of the molecule is COc1cccc(-c2sc(C(=O)O)cc2C)c1. The number of thiophene rings is 1. The monoisotopic (exact) mass is 248 g/mol. The second-order valence-electron chi connectivity index (χ2n) is 3.66. The zero-order valence-corrected chi connectivity index (χ0v) is 10.4. The van der Waals surface area contributed by atoms with Crippen LogP contribution in [0.5, 0.6) is 5.75 Å².